The Morgan fingerprint density at radius 3 is 2.34 bits per heavy atom. The van der Waals surface area contributed by atoms with Crippen LogP contribution in [0.2, 0.25) is 10.0 Å². The van der Waals surface area contributed by atoms with Gasteiger partial charge in [0.1, 0.15) is 12.4 Å². The molecule has 0 radical (unpaired) electrons. The molecule has 3 rings (SSSR count). The third kappa shape index (κ3) is 5.25. The molecule has 7 heteroatoms. The zero-order valence-corrected chi connectivity index (χ0v) is 17.2. The Morgan fingerprint density at radius 1 is 0.966 bits per heavy atom. The first kappa shape index (κ1) is 21.1. The van der Waals surface area contributed by atoms with E-state index in [-0.39, 0.29) is 28.2 Å². The molecule has 0 saturated heterocycles. The van der Waals surface area contributed by atoms with Gasteiger partial charge in [0.2, 0.25) is 0 Å². The van der Waals surface area contributed by atoms with Gasteiger partial charge in [0.25, 0.3) is 0 Å². The largest absolute Gasteiger partial charge is 0.505 e. The highest BCUT2D eigenvalue weighted by atomic mass is 35.5. The van der Waals surface area contributed by atoms with Crippen LogP contribution in [0.4, 0.5) is 10.1 Å². The SMILES string of the molecule is CCOc1cccc(CNc2cc(Cl)c(O)c(Cl)c2)c1OCc1ccccc1F. The molecule has 3 aromatic rings. The Bertz CT molecular complexity index is 975. The molecule has 0 aliphatic rings. The van der Waals surface area contributed by atoms with Crippen molar-refractivity contribution < 1.29 is 19.0 Å². The van der Waals surface area contributed by atoms with Gasteiger partial charge in [-0.3, -0.25) is 0 Å². The van der Waals surface area contributed by atoms with Crippen LogP contribution in [0.1, 0.15) is 18.1 Å². The third-order valence-electron chi connectivity index (χ3n) is 4.19. The van der Waals surface area contributed by atoms with Gasteiger partial charge >= 0.3 is 0 Å². The minimum absolute atomic E-state index is 0.0701. The van der Waals surface area contributed by atoms with Gasteiger partial charge in [-0.1, -0.05) is 53.5 Å². The van der Waals surface area contributed by atoms with Crippen LogP contribution in [0.25, 0.3) is 0 Å². The summed E-state index contributed by atoms with van der Waals surface area (Å²) in [5.74, 6) is 0.617. The number of rotatable bonds is 8. The third-order valence-corrected chi connectivity index (χ3v) is 4.77. The predicted octanol–water partition coefficient (Wildman–Crippen LogP) is 6.43. The quantitative estimate of drug-likeness (QED) is 0.400. The molecule has 2 N–H and O–H groups in total. The fourth-order valence-corrected chi connectivity index (χ4v) is 3.25. The Hall–Kier alpha value is -2.63. The zero-order chi connectivity index (χ0) is 20.8. The summed E-state index contributed by atoms with van der Waals surface area (Å²) in [6, 6.07) is 15.2. The number of ether oxygens (including phenoxy) is 2. The Labute approximate surface area is 178 Å². The summed E-state index contributed by atoms with van der Waals surface area (Å²) in [6.45, 7) is 2.80. The number of hydrogen-bond acceptors (Lipinski definition) is 4. The van der Waals surface area contributed by atoms with Gasteiger partial charge < -0.3 is 19.9 Å². The smallest absolute Gasteiger partial charge is 0.166 e. The lowest BCUT2D eigenvalue weighted by Crippen LogP contribution is -2.07. The normalized spacial score (nSPS) is 10.6. The molecule has 0 atom stereocenters. The summed E-state index contributed by atoms with van der Waals surface area (Å²) in [5, 5.41) is 13.2. The zero-order valence-electron chi connectivity index (χ0n) is 15.7. The molecular weight excluding hydrogens is 416 g/mol. The topological polar surface area (TPSA) is 50.7 Å². The molecule has 0 amide bonds. The summed E-state index contributed by atoms with van der Waals surface area (Å²) >= 11 is 12.0. The standard InChI is InChI=1S/C22H20Cl2FNO3/c1-2-28-20-9-5-7-14(12-26-16-10-17(23)21(27)18(24)11-16)22(20)29-13-15-6-3-4-8-19(15)25/h3-11,26-27H,2,12-13H2,1H3. The van der Waals surface area contributed by atoms with Crippen LogP contribution in [0.15, 0.2) is 54.6 Å². The molecule has 0 unspecified atom stereocenters. The van der Waals surface area contributed by atoms with E-state index in [0.717, 1.165) is 5.56 Å². The number of hydrogen-bond donors (Lipinski definition) is 2. The summed E-state index contributed by atoms with van der Waals surface area (Å²) in [4.78, 5) is 0. The molecule has 0 aliphatic heterocycles. The van der Waals surface area contributed by atoms with Crippen LogP contribution >= 0.6 is 23.2 Å². The minimum Gasteiger partial charge on any atom is -0.505 e. The first-order valence-corrected chi connectivity index (χ1v) is 9.78. The van der Waals surface area contributed by atoms with Crippen molar-refractivity contribution in [3.05, 3.63) is 81.6 Å². The molecule has 0 saturated carbocycles. The maximum absolute atomic E-state index is 14.0. The van der Waals surface area contributed by atoms with Crippen molar-refractivity contribution >= 4 is 28.9 Å². The van der Waals surface area contributed by atoms with Gasteiger partial charge in [-0.2, -0.15) is 0 Å². The monoisotopic (exact) mass is 435 g/mol. The summed E-state index contributed by atoms with van der Waals surface area (Å²) in [5.41, 5.74) is 1.90. The van der Waals surface area contributed by atoms with Crippen molar-refractivity contribution in [2.24, 2.45) is 0 Å². The molecular formula is C22H20Cl2FNO3. The highest BCUT2D eigenvalue weighted by molar-refractivity contribution is 6.37. The molecule has 0 heterocycles. The van der Waals surface area contributed by atoms with Crippen LogP contribution in [-0.4, -0.2) is 11.7 Å². The van der Waals surface area contributed by atoms with Crippen molar-refractivity contribution in [3.63, 3.8) is 0 Å². The maximum Gasteiger partial charge on any atom is 0.166 e. The number of anilines is 1. The molecule has 0 bridgehead atoms. The molecule has 152 valence electrons. The van der Waals surface area contributed by atoms with E-state index >= 15 is 0 Å². The molecule has 0 aromatic heterocycles. The van der Waals surface area contributed by atoms with Crippen LogP contribution in [0, 0.1) is 5.82 Å². The van der Waals surface area contributed by atoms with Crippen molar-refractivity contribution in [1.82, 2.24) is 0 Å². The lowest BCUT2D eigenvalue weighted by atomic mass is 10.1. The highest BCUT2D eigenvalue weighted by Gasteiger charge is 2.13. The van der Waals surface area contributed by atoms with Gasteiger partial charge in [-0.05, 0) is 31.2 Å². The second-order valence-corrected chi connectivity index (χ2v) is 7.01. The number of phenols is 1. The Kier molecular flexibility index (Phi) is 7.07. The van der Waals surface area contributed by atoms with E-state index in [4.69, 9.17) is 32.7 Å². The van der Waals surface area contributed by atoms with E-state index in [2.05, 4.69) is 5.32 Å². The fourth-order valence-electron chi connectivity index (χ4n) is 2.76. The second kappa shape index (κ2) is 9.72. The van der Waals surface area contributed by atoms with E-state index < -0.39 is 0 Å². The second-order valence-electron chi connectivity index (χ2n) is 6.20. The van der Waals surface area contributed by atoms with Crippen molar-refractivity contribution in [2.75, 3.05) is 11.9 Å². The van der Waals surface area contributed by atoms with Crippen LogP contribution in [-0.2, 0) is 13.2 Å². The molecule has 4 nitrogen and oxygen atoms in total. The van der Waals surface area contributed by atoms with Crippen LogP contribution in [0.3, 0.4) is 0 Å². The number of phenolic OH excluding ortho intramolecular Hbond substituents is 1. The van der Waals surface area contributed by atoms with Gasteiger partial charge in [0.15, 0.2) is 17.2 Å². The van der Waals surface area contributed by atoms with Gasteiger partial charge in [-0.15, -0.1) is 0 Å². The van der Waals surface area contributed by atoms with Crippen molar-refractivity contribution in [3.8, 4) is 17.2 Å². The molecule has 0 fully saturated rings. The van der Waals surface area contributed by atoms with Crippen molar-refractivity contribution in [2.45, 2.75) is 20.1 Å². The van der Waals surface area contributed by atoms with Crippen LogP contribution < -0.4 is 14.8 Å². The fraction of sp³-hybridized carbons (Fsp3) is 0.182. The van der Waals surface area contributed by atoms with Gasteiger partial charge in [-0.25, -0.2) is 4.39 Å². The first-order valence-electron chi connectivity index (χ1n) is 9.02. The van der Waals surface area contributed by atoms with E-state index in [1.807, 2.05) is 19.1 Å². The van der Waals surface area contributed by atoms with Crippen molar-refractivity contribution in [1.29, 1.82) is 0 Å². The lowest BCUT2D eigenvalue weighted by Gasteiger charge is -2.17. The molecule has 3 aromatic carbocycles. The number of benzene rings is 3. The average Bonchev–Trinajstić information content (AvgIpc) is 2.71. The number of halogens is 3. The molecule has 0 spiro atoms. The van der Waals surface area contributed by atoms with Crippen LogP contribution in [0.5, 0.6) is 17.2 Å². The first-order chi connectivity index (χ1) is 14.0. The Morgan fingerprint density at radius 2 is 1.66 bits per heavy atom. The minimum atomic E-state index is -0.325. The lowest BCUT2D eigenvalue weighted by molar-refractivity contribution is 0.263. The van der Waals surface area contributed by atoms with E-state index in [9.17, 15) is 9.50 Å². The Balaban J connectivity index is 1.82. The summed E-state index contributed by atoms with van der Waals surface area (Å²) in [6.07, 6.45) is 0. The van der Waals surface area contributed by atoms with Gasteiger partial charge in [0.05, 0.1) is 16.7 Å². The maximum atomic E-state index is 14.0. The molecule has 0 aliphatic carbocycles. The van der Waals surface area contributed by atoms with Gasteiger partial charge in [0, 0.05) is 23.4 Å². The summed E-state index contributed by atoms with van der Waals surface area (Å²) in [7, 11) is 0. The number of para-hydroxylation sites is 1. The summed E-state index contributed by atoms with van der Waals surface area (Å²) < 4.78 is 25.6. The van der Waals surface area contributed by atoms with E-state index in [1.165, 1.54) is 6.07 Å². The number of aromatic hydroxyl groups is 1. The average molecular weight is 436 g/mol. The van der Waals surface area contributed by atoms with E-state index in [0.29, 0.717) is 35.9 Å². The van der Waals surface area contributed by atoms with E-state index in [1.54, 1.807) is 36.4 Å². The molecule has 29 heavy (non-hydrogen) atoms. The predicted molar refractivity (Wildman–Crippen MR) is 114 cm³/mol. The highest BCUT2D eigenvalue weighted by Crippen LogP contribution is 2.36. The number of nitrogens with one attached hydrogen (secondary N) is 1.